The van der Waals surface area contributed by atoms with Gasteiger partial charge in [-0.05, 0) is 36.2 Å². The molecule has 3 aromatic rings. The minimum atomic E-state index is -1.09. The summed E-state index contributed by atoms with van der Waals surface area (Å²) in [6.07, 6.45) is 3.32. The van der Waals surface area contributed by atoms with Crippen LogP contribution in [0.25, 0.3) is 11.3 Å². The topological polar surface area (TPSA) is 164 Å². The number of benzene rings is 2. The molecular formula is C35H46F2N6O7S. The first-order valence-corrected chi connectivity index (χ1v) is 17.6. The summed E-state index contributed by atoms with van der Waals surface area (Å²) >= 11 is 1.42. The van der Waals surface area contributed by atoms with Crippen molar-refractivity contribution in [3.8, 4) is 22.8 Å². The Morgan fingerprint density at radius 2 is 1.78 bits per heavy atom. The lowest BCUT2D eigenvalue weighted by atomic mass is 9.93. The number of nitrogens with two attached hydrogens (primary N) is 2. The van der Waals surface area contributed by atoms with Crippen molar-refractivity contribution in [2.24, 2.45) is 11.6 Å². The van der Waals surface area contributed by atoms with Gasteiger partial charge in [-0.3, -0.25) is 4.79 Å². The van der Waals surface area contributed by atoms with Crippen molar-refractivity contribution in [2.45, 2.75) is 25.2 Å². The maximum atomic E-state index is 14.8. The molecule has 0 spiro atoms. The minimum Gasteiger partial charge on any atom is -0.491 e. The number of morpholine rings is 1. The molecule has 0 aliphatic carbocycles. The van der Waals surface area contributed by atoms with Crippen LogP contribution in [0.3, 0.4) is 0 Å². The second-order valence-electron chi connectivity index (χ2n) is 11.4. The Morgan fingerprint density at radius 1 is 1.06 bits per heavy atom. The lowest BCUT2D eigenvalue weighted by Gasteiger charge is -2.26. The fraction of sp³-hybridized carbons (Fsp3) is 0.457. The van der Waals surface area contributed by atoms with Crippen LogP contribution >= 0.6 is 11.3 Å². The quantitative estimate of drug-likeness (QED) is 0.0597. The number of anilines is 1. The van der Waals surface area contributed by atoms with Gasteiger partial charge >= 0.3 is 0 Å². The average molecular weight is 733 g/mol. The van der Waals surface area contributed by atoms with Gasteiger partial charge in [0.15, 0.2) is 16.7 Å². The number of likely N-dealkylation sites (N-methyl/N-ethyl adjacent to an activating group) is 1. The minimum absolute atomic E-state index is 0.00646. The summed E-state index contributed by atoms with van der Waals surface area (Å²) < 4.78 is 56.9. The van der Waals surface area contributed by atoms with Gasteiger partial charge in [0.2, 0.25) is 11.7 Å². The number of hydrazine groups is 1. The monoisotopic (exact) mass is 732 g/mol. The van der Waals surface area contributed by atoms with E-state index in [9.17, 15) is 18.4 Å². The number of thiazole rings is 1. The second-order valence-corrected chi connectivity index (χ2v) is 12.3. The van der Waals surface area contributed by atoms with Gasteiger partial charge < -0.3 is 49.4 Å². The van der Waals surface area contributed by atoms with E-state index in [1.54, 1.807) is 24.6 Å². The van der Waals surface area contributed by atoms with Crippen molar-refractivity contribution >= 4 is 28.7 Å². The van der Waals surface area contributed by atoms with Crippen LogP contribution in [0.2, 0.25) is 0 Å². The molecule has 2 aromatic carbocycles. The zero-order chi connectivity index (χ0) is 36.4. The highest BCUT2D eigenvalue weighted by molar-refractivity contribution is 7.14. The smallest absolute Gasteiger partial charge is 0.227 e. The van der Waals surface area contributed by atoms with Crippen molar-refractivity contribution < 1.29 is 42.1 Å². The summed E-state index contributed by atoms with van der Waals surface area (Å²) in [4.78, 5) is 29.6. The summed E-state index contributed by atoms with van der Waals surface area (Å²) in [5, 5.41) is 6.59. The van der Waals surface area contributed by atoms with E-state index in [1.807, 2.05) is 12.1 Å². The molecular weight excluding hydrogens is 686 g/mol. The van der Waals surface area contributed by atoms with Crippen LogP contribution in [0.15, 0.2) is 53.7 Å². The Bertz CT molecular complexity index is 1560. The molecule has 16 heteroatoms. The van der Waals surface area contributed by atoms with E-state index < -0.39 is 17.6 Å². The van der Waals surface area contributed by atoms with Gasteiger partial charge in [-0.1, -0.05) is 12.1 Å². The van der Waals surface area contributed by atoms with Crippen LogP contribution in [0.5, 0.6) is 11.5 Å². The molecule has 1 atom stereocenters. The normalized spacial score (nSPS) is 13.9. The molecule has 5 N–H and O–H groups in total. The van der Waals surface area contributed by atoms with Gasteiger partial charge in [0.05, 0.1) is 64.4 Å². The molecule has 1 unspecified atom stereocenters. The van der Waals surface area contributed by atoms with Crippen molar-refractivity contribution in [1.29, 1.82) is 0 Å². The number of carbonyl (C=O) groups is 2. The van der Waals surface area contributed by atoms with E-state index in [-0.39, 0.29) is 24.7 Å². The molecule has 1 aliphatic heterocycles. The van der Waals surface area contributed by atoms with Crippen LogP contribution in [-0.2, 0) is 23.8 Å². The summed E-state index contributed by atoms with van der Waals surface area (Å²) in [6.45, 7) is 4.72. The summed E-state index contributed by atoms with van der Waals surface area (Å²) in [7, 11) is 1.57. The molecule has 0 bridgehead atoms. The Hall–Kier alpha value is -4.35. The standard InChI is InChI=1S/C35H46F2N6O7S/c1-40-34(45)28(3-2-14-44)25-4-6-27(7-5-25)49-22-21-48-20-19-47-18-13-43(39)23-26(38)10-15-50-33-29(8-9-30(36)32(33)37)31-24-51-35(41-31)42-11-16-46-17-12-42/h4-9,14,23-24,28H,2-3,10-13,15-22,38-39H2,1H3,(H,40,45)/b26-23-. The number of hydrogen-bond acceptors (Lipinski definition) is 13. The van der Waals surface area contributed by atoms with E-state index in [0.29, 0.717) is 101 Å². The highest BCUT2D eigenvalue weighted by Gasteiger charge is 2.21. The van der Waals surface area contributed by atoms with Crippen molar-refractivity contribution in [1.82, 2.24) is 15.3 Å². The third kappa shape index (κ3) is 12.4. The molecule has 4 rings (SSSR count). The number of hydrogen-bond donors (Lipinski definition) is 3. The number of aldehydes is 1. The van der Waals surface area contributed by atoms with Gasteiger partial charge in [0, 0.05) is 55.8 Å². The first-order chi connectivity index (χ1) is 24.8. The second kappa shape index (κ2) is 21.1. The molecule has 0 saturated carbocycles. The molecule has 1 amide bonds. The van der Waals surface area contributed by atoms with E-state index >= 15 is 0 Å². The lowest BCUT2D eigenvalue weighted by Crippen LogP contribution is -2.36. The van der Waals surface area contributed by atoms with Crippen molar-refractivity contribution in [3.05, 3.63) is 70.9 Å². The molecule has 278 valence electrons. The largest absolute Gasteiger partial charge is 0.491 e. The number of nitrogens with zero attached hydrogens (tertiary/aromatic N) is 3. The maximum Gasteiger partial charge on any atom is 0.227 e. The van der Waals surface area contributed by atoms with Crippen LogP contribution in [-0.4, -0.2) is 102 Å². The third-order valence-corrected chi connectivity index (χ3v) is 8.75. The summed E-state index contributed by atoms with van der Waals surface area (Å²) in [6, 6.07) is 9.73. The van der Waals surface area contributed by atoms with Crippen LogP contribution in [0.4, 0.5) is 13.9 Å². The number of amides is 1. The highest BCUT2D eigenvalue weighted by atomic mass is 32.1. The number of aromatic nitrogens is 1. The Balaban J connectivity index is 1.10. The number of carbonyl (C=O) groups excluding carboxylic acids is 2. The SMILES string of the molecule is CNC(=O)C(CCC=O)c1ccc(OCCOCCOCCN(N)/C=C(\N)CCOc2c(-c3csc(N4CCOCC4)n3)ccc(F)c2F)cc1. The first-order valence-electron chi connectivity index (χ1n) is 16.7. The molecule has 0 radical (unpaired) electrons. The Kier molecular flexibility index (Phi) is 16.3. The third-order valence-electron chi connectivity index (χ3n) is 7.85. The van der Waals surface area contributed by atoms with E-state index in [1.165, 1.54) is 28.6 Å². The average Bonchev–Trinajstić information content (AvgIpc) is 3.64. The van der Waals surface area contributed by atoms with Gasteiger partial charge in [-0.25, -0.2) is 15.2 Å². The number of rotatable bonds is 22. The van der Waals surface area contributed by atoms with Gasteiger partial charge in [-0.2, -0.15) is 4.39 Å². The molecule has 51 heavy (non-hydrogen) atoms. The maximum absolute atomic E-state index is 14.8. The van der Waals surface area contributed by atoms with Crippen LogP contribution < -0.4 is 31.3 Å². The lowest BCUT2D eigenvalue weighted by molar-refractivity contribution is -0.122. The highest BCUT2D eigenvalue weighted by Crippen LogP contribution is 2.36. The van der Waals surface area contributed by atoms with E-state index in [0.717, 1.165) is 23.0 Å². The summed E-state index contributed by atoms with van der Waals surface area (Å²) in [5.41, 5.74) is 8.16. The Morgan fingerprint density at radius 3 is 2.51 bits per heavy atom. The number of ether oxygens (including phenoxy) is 5. The van der Waals surface area contributed by atoms with Crippen LogP contribution in [0, 0.1) is 11.6 Å². The predicted molar refractivity (Wildman–Crippen MR) is 189 cm³/mol. The van der Waals surface area contributed by atoms with Crippen LogP contribution in [0.1, 0.15) is 30.7 Å². The zero-order valence-corrected chi connectivity index (χ0v) is 29.5. The molecule has 2 heterocycles. The first kappa shape index (κ1) is 39.4. The van der Waals surface area contributed by atoms with Crippen molar-refractivity contribution in [2.75, 3.05) is 84.4 Å². The van der Waals surface area contributed by atoms with E-state index in [4.69, 9.17) is 35.3 Å². The molecule has 1 aliphatic rings. The fourth-order valence-corrected chi connectivity index (χ4v) is 6.02. The Labute approximate surface area is 300 Å². The van der Waals surface area contributed by atoms with Gasteiger partial charge in [0.25, 0.3) is 0 Å². The van der Waals surface area contributed by atoms with Gasteiger partial charge in [0.1, 0.15) is 18.6 Å². The molecule has 13 nitrogen and oxygen atoms in total. The molecule has 1 saturated heterocycles. The van der Waals surface area contributed by atoms with E-state index in [2.05, 4.69) is 15.2 Å². The van der Waals surface area contributed by atoms with Gasteiger partial charge in [-0.15, -0.1) is 11.3 Å². The van der Waals surface area contributed by atoms with Crippen molar-refractivity contribution in [3.63, 3.8) is 0 Å². The fourth-order valence-electron chi connectivity index (χ4n) is 5.14. The predicted octanol–water partition coefficient (Wildman–Crippen LogP) is 3.59. The number of halogens is 2. The summed E-state index contributed by atoms with van der Waals surface area (Å²) in [5.74, 6) is 3.81. The number of nitrogens with one attached hydrogen (secondary N) is 1. The molecule has 1 aromatic heterocycles. The zero-order valence-electron chi connectivity index (χ0n) is 28.7. The molecule has 1 fully saturated rings.